The van der Waals surface area contributed by atoms with Gasteiger partial charge in [-0.2, -0.15) is 0 Å². The van der Waals surface area contributed by atoms with Crippen LogP contribution in [0.15, 0.2) is 84.9 Å². The molecule has 4 rings (SSSR count). The molecule has 6 heteroatoms. The lowest BCUT2D eigenvalue weighted by Crippen LogP contribution is -2.40. The maximum Gasteiger partial charge on any atom is 0.319 e. The van der Waals surface area contributed by atoms with Gasteiger partial charge in [-0.3, -0.25) is 4.79 Å². The molecule has 3 aromatic rings. The highest BCUT2D eigenvalue weighted by molar-refractivity contribution is 5.94. The summed E-state index contributed by atoms with van der Waals surface area (Å²) >= 11 is 0. The SMILES string of the molecule is CN(c1ccccc1)c1ccccc1NC(=O)N[C@@H](CN1CCCC1=O)c1ccccc1. The standard InChI is InChI=1S/C26H28N4O2/c1-29(21-13-6-3-7-14-21)24-16-9-8-15-22(24)27-26(32)28-23(20-11-4-2-5-12-20)19-30-18-10-17-25(30)31/h2-9,11-16,23H,10,17-19H2,1H3,(H2,27,28,32)/t23-/m0/s1. The Morgan fingerprint density at radius 2 is 1.62 bits per heavy atom. The number of benzene rings is 3. The molecule has 0 aliphatic carbocycles. The van der Waals surface area contributed by atoms with Crippen molar-refractivity contribution in [1.82, 2.24) is 10.2 Å². The van der Waals surface area contributed by atoms with Crippen LogP contribution in [0.1, 0.15) is 24.4 Å². The van der Waals surface area contributed by atoms with Gasteiger partial charge in [-0.25, -0.2) is 4.79 Å². The van der Waals surface area contributed by atoms with E-state index in [0.29, 0.717) is 18.7 Å². The highest BCUT2D eigenvalue weighted by atomic mass is 16.2. The van der Waals surface area contributed by atoms with E-state index in [0.717, 1.165) is 29.9 Å². The fourth-order valence-corrected chi connectivity index (χ4v) is 4.02. The van der Waals surface area contributed by atoms with Crippen molar-refractivity contribution in [2.45, 2.75) is 18.9 Å². The summed E-state index contributed by atoms with van der Waals surface area (Å²) in [5.41, 5.74) is 3.59. The van der Waals surface area contributed by atoms with Crippen molar-refractivity contribution in [1.29, 1.82) is 0 Å². The van der Waals surface area contributed by atoms with Crippen LogP contribution in [0.25, 0.3) is 0 Å². The van der Waals surface area contributed by atoms with E-state index in [2.05, 4.69) is 10.6 Å². The summed E-state index contributed by atoms with van der Waals surface area (Å²) in [5.74, 6) is 0.142. The average molecular weight is 429 g/mol. The maximum absolute atomic E-state index is 13.0. The zero-order chi connectivity index (χ0) is 22.3. The number of nitrogens with one attached hydrogen (secondary N) is 2. The van der Waals surface area contributed by atoms with Crippen molar-refractivity contribution in [3.63, 3.8) is 0 Å². The van der Waals surface area contributed by atoms with Crippen molar-refractivity contribution >= 4 is 29.0 Å². The summed E-state index contributed by atoms with van der Waals surface area (Å²) in [4.78, 5) is 29.0. The number of amides is 3. The molecule has 1 atom stereocenters. The predicted octanol–water partition coefficient (Wildman–Crippen LogP) is 4.94. The van der Waals surface area contributed by atoms with Gasteiger partial charge in [-0.1, -0.05) is 60.7 Å². The molecule has 3 amide bonds. The number of anilines is 3. The minimum Gasteiger partial charge on any atom is -0.343 e. The lowest BCUT2D eigenvalue weighted by Gasteiger charge is -2.26. The summed E-state index contributed by atoms with van der Waals surface area (Å²) in [6.45, 7) is 1.19. The average Bonchev–Trinajstić information content (AvgIpc) is 3.24. The van der Waals surface area contributed by atoms with E-state index in [1.54, 1.807) is 0 Å². The van der Waals surface area contributed by atoms with Gasteiger partial charge in [-0.15, -0.1) is 0 Å². The van der Waals surface area contributed by atoms with Crippen LogP contribution in [0.4, 0.5) is 21.9 Å². The molecule has 0 radical (unpaired) electrons. The van der Waals surface area contributed by atoms with Crippen LogP contribution in [0.5, 0.6) is 0 Å². The van der Waals surface area contributed by atoms with E-state index in [-0.39, 0.29) is 18.0 Å². The van der Waals surface area contributed by atoms with E-state index >= 15 is 0 Å². The van der Waals surface area contributed by atoms with Gasteiger partial charge in [0.2, 0.25) is 5.91 Å². The molecular weight excluding hydrogens is 400 g/mol. The van der Waals surface area contributed by atoms with Gasteiger partial charge >= 0.3 is 6.03 Å². The van der Waals surface area contributed by atoms with E-state index in [1.807, 2.05) is 102 Å². The normalized spacial score (nSPS) is 14.2. The van der Waals surface area contributed by atoms with Crippen molar-refractivity contribution in [3.8, 4) is 0 Å². The molecule has 1 aliphatic rings. The molecule has 1 heterocycles. The van der Waals surface area contributed by atoms with Crippen LogP contribution in [0.3, 0.4) is 0 Å². The first-order valence-electron chi connectivity index (χ1n) is 10.9. The number of carbonyl (C=O) groups excluding carboxylic acids is 2. The fourth-order valence-electron chi connectivity index (χ4n) is 4.02. The van der Waals surface area contributed by atoms with E-state index in [9.17, 15) is 9.59 Å². The number of nitrogens with zero attached hydrogens (tertiary/aromatic N) is 2. The Hall–Kier alpha value is -3.80. The van der Waals surface area contributed by atoms with Gasteiger partial charge < -0.3 is 20.4 Å². The largest absolute Gasteiger partial charge is 0.343 e. The molecule has 0 unspecified atom stereocenters. The van der Waals surface area contributed by atoms with Gasteiger partial charge in [0.15, 0.2) is 0 Å². The second-order valence-corrected chi connectivity index (χ2v) is 7.92. The van der Waals surface area contributed by atoms with Crippen LogP contribution in [-0.4, -0.2) is 37.0 Å². The molecule has 2 N–H and O–H groups in total. The Morgan fingerprint density at radius 1 is 0.969 bits per heavy atom. The third kappa shape index (κ3) is 5.09. The molecule has 6 nitrogen and oxygen atoms in total. The number of urea groups is 1. The highest BCUT2D eigenvalue weighted by Gasteiger charge is 2.25. The molecule has 3 aromatic carbocycles. The van der Waals surface area contributed by atoms with E-state index in [1.165, 1.54) is 0 Å². The number of rotatable bonds is 7. The molecule has 0 spiro atoms. The molecule has 1 saturated heterocycles. The number of carbonyl (C=O) groups is 2. The number of para-hydroxylation sites is 3. The van der Waals surface area contributed by atoms with Crippen LogP contribution >= 0.6 is 0 Å². The first-order valence-corrected chi connectivity index (χ1v) is 10.9. The summed E-state index contributed by atoms with van der Waals surface area (Å²) in [7, 11) is 1.97. The summed E-state index contributed by atoms with van der Waals surface area (Å²) in [5, 5.41) is 6.08. The van der Waals surface area contributed by atoms with E-state index in [4.69, 9.17) is 0 Å². The molecule has 1 aliphatic heterocycles. The lowest BCUT2D eigenvalue weighted by atomic mass is 10.1. The van der Waals surface area contributed by atoms with Gasteiger partial charge in [-0.05, 0) is 36.2 Å². The molecule has 0 saturated carbocycles. The minimum atomic E-state index is -0.306. The molecule has 32 heavy (non-hydrogen) atoms. The monoisotopic (exact) mass is 428 g/mol. The van der Waals surface area contributed by atoms with Crippen LogP contribution < -0.4 is 15.5 Å². The Balaban J connectivity index is 1.51. The van der Waals surface area contributed by atoms with Gasteiger partial charge in [0.05, 0.1) is 17.4 Å². The zero-order valence-corrected chi connectivity index (χ0v) is 18.2. The molecular formula is C26H28N4O2. The highest BCUT2D eigenvalue weighted by Crippen LogP contribution is 2.30. The third-order valence-corrected chi connectivity index (χ3v) is 5.74. The summed E-state index contributed by atoms with van der Waals surface area (Å²) in [6, 6.07) is 26.9. The van der Waals surface area contributed by atoms with Crippen molar-refractivity contribution in [3.05, 3.63) is 90.5 Å². The van der Waals surface area contributed by atoms with Crippen LogP contribution in [0.2, 0.25) is 0 Å². The first-order chi connectivity index (χ1) is 15.6. The number of hydrogen-bond donors (Lipinski definition) is 2. The van der Waals surface area contributed by atoms with E-state index < -0.39 is 0 Å². The van der Waals surface area contributed by atoms with Gasteiger partial charge in [0.1, 0.15) is 0 Å². The Labute approximate surface area is 188 Å². The first kappa shape index (κ1) is 21.4. The summed E-state index contributed by atoms with van der Waals surface area (Å²) in [6.07, 6.45) is 1.44. The minimum absolute atomic E-state index is 0.142. The third-order valence-electron chi connectivity index (χ3n) is 5.74. The Bertz CT molecular complexity index is 1060. The topological polar surface area (TPSA) is 64.7 Å². The Kier molecular flexibility index (Phi) is 6.70. The zero-order valence-electron chi connectivity index (χ0n) is 18.2. The maximum atomic E-state index is 13.0. The summed E-state index contributed by atoms with van der Waals surface area (Å²) < 4.78 is 0. The second-order valence-electron chi connectivity index (χ2n) is 7.92. The molecule has 0 bridgehead atoms. The lowest BCUT2D eigenvalue weighted by molar-refractivity contribution is -0.128. The molecule has 0 aromatic heterocycles. The quantitative estimate of drug-likeness (QED) is 0.560. The predicted molar refractivity (Wildman–Crippen MR) is 128 cm³/mol. The van der Waals surface area contributed by atoms with Crippen molar-refractivity contribution < 1.29 is 9.59 Å². The van der Waals surface area contributed by atoms with Crippen LogP contribution in [0, 0.1) is 0 Å². The van der Waals surface area contributed by atoms with Crippen molar-refractivity contribution in [2.24, 2.45) is 0 Å². The number of likely N-dealkylation sites (tertiary alicyclic amines) is 1. The fraction of sp³-hybridized carbons (Fsp3) is 0.231. The molecule has 164 valence electrons. The van der Waals surface area contributed by atoms with Gasteiger partial charge in [0, 0.05) is 32.2 Å². The smallest absolute Gasteiger partial charge is 0.319 e. The second kappa shape index (κ2) is 10.0. The molecule has 1 fully saturated rings. The van der Waals surface area contributed by atoms with Crippen LogP contribution in [-0.2, 0) is 4.79 Å². The Morgan fingerprint density at radius 3 is 2.31 bits per heavy atom. The van der Waals surface area contributed by atoms with Gasteiger partial charge in [0.25, 0.3) is 0 Å². The number of hydrogen-bond acceptors (Lipinski definition) is 3. The van der Waals surface area contributed by atoms with Crippen molar-refractivity contribution in [2.75, 3.05) is 30.4 Å².